The Labute approximate surface area is 182 Å². The Morgan fingerprint density at radius 1 is 1.09 bits per heavy atom. The maximum atomic E-state index is 14.8. The number of hydrogen-bond donors (Lipinski definition) is 1. The van der Waals surface area contributed by atoms with Crippen LogP contribution in [0.5, 0.6) is 11.5 Å². The second-order valence-corrected chi connectivity index (χ2v) is 7.15. The van der Waals surface area contributed by atoms with Crippen LogP contribution in [0.2, 0.25) is 0 Å². The summed E-state index contributed by atoms with van der Waals surface area (Å²) in [4.78, 5) is 22.0. The number of aromatic nitrogens is 4. The second-order valence-electron chi connectivity index (χ2n) is 7.15. The maximum absolute atomic E-state index is 14.8. The van der Waals surface area contributed by atoms with Gasteiger partial charge < -0.3 is 19.7 Å². The number of rotatable bonds is 5. The lowest BCUT2D eigenvalue weighted by molar-refractivity contribution is 0.102. The molecule has 0 atom stereocenters. The number of amides is 1. The van der Waals surface area contributed by atoms with Crippen LogP contribution in [0, 0.1) is 5.82 Å². The predicted octanol–water partition coefficient (Wildman–Crippen LogP) is 3.14. The van der Waals surface area contributed by atoms with Crippen molar-refractivity contribution in [3.05, 3.63) is 72.8 Å². The molecular weight excluding hydrogens is 415 g/mol. The molecular formula is C22H19FN6O3. The van der Waals surface area contributed by atoms with E-state index in [0.29, 0.717) is 30.2 Å². The summed E-state index contributed by atoms with van der Waals surface area (Å²) in [6, 6.07) is 7.91. The summed E-state index contributed by atoms with van der Waals surface area (Å²) in [5.41, 5.74) is 2.19. The van der Waals surface area contributed by atoms with Gasteiger partial charge in [0.05, 0.1) is 36.9 Å². The Kier molecular flexibility index (Phi) is 5.34. The Hall–Kier alpha value is -4.05. The fraction of sp³-hybridized carbons (Fsp3) is 0.182. The van der Waals surface area contributed by atoms with E-state index < -0.39 is 11.7 Å². The molecule has 5 rings (SSSR count). The number of anilines is 2. The molecule has 10 heteroatoms. The molecule has 3 aromatic heterocycles. The van der Waals surface area contributed by atoms with E-state index in [1.807, 2.05) is 12.3 Å². The van der Waals surface area contributed by atoms with E-state index in [2.05, 4.69) is 25.3 Å². The second kappa shape index (κ2) is 8.60. The minimum atomic E-state index is -0.610. The maximum Gasteiger partial charge on any atom is 0.258 e. The van der Waals surface area contributed by atoms with E-state index in [9.17, 15) is 9.18 Å². The third-order valence-corrected chi connectivity index (χ3v) is 5.06. The van der Waals surface area contributed by atoms with Gasteiger partial charge in [0.1, 0.15) is 11.8 Å². The average Bonchev–Trinajstić information content (AvgIpc) is 3.31. The first kappa shape index (κ1) is 19.9. The number of carbonyl (C=O) groups excluding carboxylic acids is 1. The van der Waals surface area contributed by atoms with Gasteiger partial charge in [-0.3, -0.25) is 4.79 Å². The predicted molar refractivity (Wildman–Crippen MR) is 115 cm³/mol. The highest BCUT2D eigenvalue weighted by Crippen LogP contribution is 2.33. The highest BCUT2D eigenvalue weighted by molar-refractivity contribution is 6.03. The molecule has 0 spiro atoms. The van der Waals surface area contributed by atoms with Crippen molar-refractivity contribution in [2.45, 2.75) is 0 Å². The normalized spacial score (nSPS) is 13.8. The Bertz CT molecular complexity index is 1260. The summed E-state index contributed by atoms with van der Waals surface area (Å²) >= 11 is 0. The summed E-state index contributed by atoms with van der Waals surface area (Å²) < 4.78 is 27.9. The summed E-state index contributed by atoms with van der Waals surface area (Å²) in [7, 11) is 0. The minimum Gasteiger partial charge on any atom is -0.452 e. The van der Waals surface area contributed by atoms with Gasteiger partial charge in [-0.25, -0.2) is 18.9 Å². The van der Waals surface area contributed by atoms with Gasteiger partial charge >= 0.3 is 0 Å². The molecule has 1 amide bonds. The molecule has 4 aromatic rings. The molecule has 1 aliphatic heterocycles. The van der Waals surface area contributed by atoms with E-state index in [1.54, 1.807) is 22.8 Å². The first-order valence-corrected chi connectivity index (χ1v) is 10.0. The molecule has 9 nitrogen and oxygen atoms in total. The van der Waals surface area contributed by atoms with Crippen LogP contribution in [0.4, 0.5) is 15.8 Å². The van der Waals surface area contributed by atoms with Gasteiger partial charge in [-0.05, 0) is 18.2 Å². The number of carbonyl (C=O) groups is 1. The summed E-state index contributed by atoms with van der Waals surface area (Å²) in [5.74, 6) is -0.531. The van der Waals surface area contributed by atoms with E-state index in [4.69, 9.17) is 9.47 Å². The summed E-state index contributed by atoms with van der Waals surface area (Å²) in [5, 5.41) is 6.92. The van der Waals surface area contributed by atoms with Crippen LogP contribution in [-0.2, 0) is 4.74 Å². The molecule has 1 aromatic carbocycles. The van der Waals surface area contributed by atoms with Crippen LogP contribution in [0.1, 0.15) is 10.4 Å². The van der Waals surface area contributed by atoms with Crippen LogP contribution < -0.4 is 15.0 Å². The molecule has 32 heavy (non-hydrogen) atoms. The third kappa shape index (κ3) is 4.08. The molecule has 1 saturated heterocycles. The van der Waals surface area contributed by atoms with E-state index in [1.165, 1.54) is 30.9 Å². The minimum absolute atomic E-state index is 0.0354. The van der Waals surface area contributed by atoms with Gasteiger partial charge in [-0.1, -0.05) is 0 Å². The number of benzene rings is 1. The molecule has 1 fully saturated rings. The molecule has 0 aliphatic carbocycles. The summed E-state index contributed by atoms with van der Waals surface area (Å²) in [6.45, 7) is 2.79. The van der Waals surface area contributed by atoms with Crippen molar-refractivity contribution in [1.82, 2.24) is 19.6 Å². The number of hydrogen-bond acceptors (Lipinski definition) is 7. The van der Waals surface area contributed by atoms with Crippen molar-refractivity contribution in [2.75, 3.05) is 36.5 Å². The number of morpholine rings is 1. The lowest BCUT2D eigenvalue weighted by Gasteiger charge is -2.29. The Morgan fingerprint density at radius 3 is 2.69 bits per heavy atom. The molecule has 4 heterocycles. The van der Waals surface area contributed by atoms with Gasteiger partial charge in [0, 0.05) is 43.3 Å². The number of nitrogens with zero attached hydrogens (tertiary/aromatic N) is 5. The standard InChI is InChI=1S/C22H19FN6O3/c23-18-9-16(27-22(30)15-11-24-14-25-12-15)1-2-20(18)32-21-10-17(28-5-7-31-8-6-28)13-29-19(21)3-4-26-29/h1-4,9-14H,5-8H2,(H,27,30). The number of pyridine rings is 1. The van der Waals surface area contributed by atoms with E-state index in [-0.39, 0.29) is 11.3 Å². The molecule has 0 radical (unpaired) electrons. The van der Waals surface area contributed by atoms with Gasteiger partial charge in [0.2, 0.25) is 0 Å². The van der Waals surface area contributed by atoms with Crippen molar-refractivity contribution in [1.29, 1.82) is 0 Å². The molecule has 0 saturated carbocycles. The first-order chi connectivity index (χ1) is 15.7. The molecule has 162 valence electrons. The zero-order chi connectivity index (χ0) is 21.9. The van der Waals surface area contributed by atoms with Gasteiger partial charge in [0.15, 0.2) is 17.3 Å². The lowest BCUT2D eigenvalue weighted by atomic mass is 10.2. The fourth-order valence-electron chi connectivity index (χ4n) is 3.46. The zero-order valence-corrected chi connectivity index (χ0v) is 16.9. The van der Waals surface area contributed by atoms with E-state index >= 15 is 0 Å². The molecule has 1 N–H and O–H groups in total. The van der Waals surface area contributed by atoms with Crippen LogP contribution >= 0.6 is 0 Å². The van der Waals surface area contributed by atoms with Crippen LogP contribution in [0.25, 0.3) is 5.52 Å². The van der Waals surface area contributed by atoms with Crippen molar-refractivity contribution >= 4 is 22.8 Å². The number of nitrogens with one attached hydrogen (secondary N) is 1. The van der Waals surface area contributed by atoms with Crippen LogP contribution in [0.3, 0.4) is 0 Å². The largest absolute Gasteiger partial charge is 0.452 e. The van der Waals surface area contributed by atoms with Crippen molar-refractivity contribution in [2.24, 2.45) is 0 Å². The Morgan fingerprint density at radius 2 is 1.91 bits per heavy atom. The van der Waals surface area contributed by atoms with Crippen LogP contribution in [0.15, 0.2) is 61.4 Å². The highest BCUT2D eigenvalue weighted by Gasteiger charge is 2.17. The molecule has 0 unspecified atom stereocenters. The lowest BCUT2D eigenvalue weighted by Crippen LogP contribution is -2.36. The highest BCUT2D eigenvalue weighted by atomic mass is 19.1. The number of ether oxygens (including phenoxy) is 2. The molecule has 0 bridgehead atoms. The monoisotopic (exact) mass is 434 g/mol. The third-order valence-electron chi connectivity index (χ3n) is 5.06. The SMILES string of the molecule is O=C(Nc1ccc(Oc2cc(N3CCOCC3)cn3nccc23)c(F)c1)c1cncnc1. The topological polar surface area (TPSA) is 93.9 Å². The quantitative estimate of drug-likeness (QED) is 0.516. The number of halogens is 1. The van der Waals surface area contributed by atoms with Crippen LogP contribution in [-0.4, -0.2) is 51.8 Å². The summed E-state index contributed by atoms with van der Waals surface area (Å²) in [6.07, 6.45) is 7.67. The smallest absolute Gasteiger partial charge is 0.258 e. The van der Waals surface area contributed by atoms with E-state index in [0.717, 1.165) is 18.8 Å². The molecule has 1 aliphatic rings. The fourth-order valence-corrected chi connectivity index (χ4v) is 3.46. The van der Waals surface area contributed by atoms with Gasteiger partial charge in [-0.15, -0.1) is 0 Å². The van der Waals surface area contributed by atoms with Gasteiger partial charge in [0.25, 0.3) is 5.91 Å². The van der Waals surface area contributed by atoms with Gasteiger partial charge in [-0.2, -0.15) is 5.10 Å². The zero-order valence-electron chi connectivity index (χ0n) is 16.9. The van der Waals surface area contributed by atoms with Crippen molar-refractivity contribution < 1.29 is 18.7 Å². The first-order valence-electron chi connectivity index (χ1n) is 10.0. The van der Waals surface area contributed by atoms with Crippen molar-refractivity contribution in [3.63, 3.8) is 0 Å². The Balaban J connectivity index is 1.39. The van der Waals surface area contributed by atoms with Crippen molar-refractivity contribution in [3.8, 4) is 11.5 Å². The number of fused-ring (bicyclic) bond motifs is 1. The average molecular weight is 434 g/mol.